The number of nitrogens with zero attached hydrogens (tertiary/aromatic N) is 3. The van der Waals surface area contributed by atoms with Gasteiger partial charge in [0, 0.05) is 30.4 Å². The van der Waals surface area contributed by atoms with Crippen molar-refractivity contribution in [2.75, 3.05) is 0 Å². The highest BCUT2D eigenvalue weighted by Crippen LogP contribution is 2.23. The van der Waals surface area contributed by atoms with Crippen LogP contribution in [0.25, 0.3) is 16.7 Å². The van der Waals surface area contributed by atoms with Crippen molar-refractivity contribution in [3.05, 3.63) is 54.6 Å². The molecule has 1 saturated carbocycles. The van der Waals surface area contributed by atoms with Crippen LogP contribution in [0.4, 0.5) is 0 Å². The third-order valence-corrected chi connectivity index (χ3v) is 3.72. The van der Waals surface area contributed by atoms with Crippen LogP contribution in [-0.2, 0) is 6.54 Å². The van der Waals surface area contributed by atoms with Crippen LogP contribution in [0.3, 0.4) is 0 Å². The Morgan fingerprint density at radius 3 is 2.95 bits per heavy atom. The predicted octanol–water partition coefficient (Wildman–Crippen LogP) is 2.67. The first kappa shape index (κ1) is 11.6. The lowest BCUT2D eigenvalue weighted by molar-refractivity contribution is 0.690. The molecule has 0 aliphatic heterocycles. The first-order chi connectivity index (χ1) is 9.90. The maximum absolute atomic E-state index is 4.72. The number of imidazole rings is 1. The number of benzene rings is 1. The summed E-state index contributed by atoms with van der Waals surface area (Å²) in [6.07, 6.45) is 8.10. The Morgan fingerprint density at radius 2 is 2.15 bits per heavy atom. The maximum atomic E-state index is 4.72. The number of aromatic nitrogens is 3. The number of fused-ring (bicyclic) bond motifs is 1. The summed E-state index contributed by atoms with van der Waals surface area (Å²) < 4.78 is 1.95. The van der Waals surface area contributed by atoms with Crippen LogP contribution in [0.2, 0.25) is 0 Å². The minimum atomic E-state index is 0.707. The molecule has 20 heavy (non-hydrogen) atoms. The van der Waals surface area contributed by atoms with Gasteiger partial charge in [0.2, 0.25) is 0 Å². The predicted molar refractivity (Wildman–Crippen MR) is 78.7 cm³/mol. The van der Waals surface area contributed by atoms with E-state index in [1.165, 1.54) is 23.8 Å². The third kappa shape index (κ3) is 2.18. The SMILES string of the molecule is c1ccc2c(CNC3CC3)cc(-n3ccnc3)nc2c1. The molecule has 1 aliphatic rings. The van der Waals surface area contributed by atoms with E-state index in [-0.39, 0.29) is 0 Å². The summed E-state index contributed by atoms with van der Waals surface area (Å²) in [7, 11) is 0. The fourth-order valence-corrected chi connectivity index (χ4v) is 2.45. The average molecular weight is 264 g/mol. The molecule has 1 N–H and O–H groups in total. The lowest BCUT2D eigenvalue weighted by atomic mass is 10.1. The van der Waals surface area contributed by atoms with Crippen molar-refractivity contribution in [3.63, 3.8) is 0 Å². The van der Waals surface area contributed by atoms with Crippen LogP contribution in [0.5, 0.6) is 0 Å². The van der Waals surface area contributed by atoms with Crippen LogP contribution < -0.4 is 5.32 Å². The van der Waals surface area contributed by atoms with E-state index < -0.39 is 0 Å². The molecule has 0 radical (unpaired) electrons. The maximum Gasteiger partial charge on any atom is 0.138 e. The Labute approximate surface area is 117 Å². The van der Waals surface area contributed by atoms with E-state index in [9.17, 15) is 0 Å². The Kier molecular flexibility index (Phi) is 2.74. The number of nitrogens with one attached hydrogen (secondary N) is 1. The molecule has 0 unspecified atom stereocenters. The monoisotopic (exact) mass is 264 g/mol. The van der Waals surface area contributed by atoms with Crippen LogP contribution in [-0.4, -0.2) is 20.6 Å². The lowest BCUT2D eigenvalue weighted by Crippen LogP contribution is -2.16. The fraction of sp³-hybridized carbons (Fsp3) is 0.250. The molecule has 2 aromatic heterocycles. The number of para-hydroxylation sites is 1. The van der Waals surface area contributed by atoms with Gasteiger partial charge in [0.15, 0.2) is 0 Å². The molecule has 1 aromatic carbocycles. The van der Waals surface area contributed by atoms with Crippen LogP contribution in [0.15, 0.2) is 49.1 Å². The van der Waals surface area contributed by atoms with Gasteiger partial charge in [-0.05, 0) is 30.5 Å². The summed E-state index contributed by atoms with van der Waals surface area (Å²) in [6, 6.07) is 11.2. The highest BCUT2D eigenvalue weighted by molar-refractivity contribution is 5.83. The second-order valence-corrected chi connectivity index (χ2v) is 5.28. The summed E-state index contributed by atoms with van der Waals surface area (Å²) in [6.45, 7) is 0.898. The zero-order valence-electron chi connectivity index (χ0n) is 11.2. The highest BCUT2D eigenvalue weighted by atomic mass is 15.1. The molecule has 1 aliphatic carbocycles. The number of hydrogen-bond acceptors (Lipinski definition) is 3. The fourth-order valence-electron chi connectivity index (χ4n) is 2.45. The first-order valence-electron chi connectivity index (χ1n) is 7.00. The second kappa shape index (κ2) is 4.72. The first-order valence-corrected chi connectivity index (χ1v) is 7.00. The molecule has 0 saturated heterocycles. The molecule has 2 heterocycles. The zero-order chi connectivity index (χ0) is 13.4. The Morgan fingerprint density at radius 1 is 1.25 bits per heavy atom. The van der Waals surface area contributed by atoms with E-state index in [1.54, 1.807) is 12.5 Å². The molecule has 0 spiro atoms. The van der Waals surface area contributed by atoms with Crippen molar-refractivity contribution < 1.29 is 0 Å². The van der Waals surface area contributed by atoms with Gasteiger partial charge < -0.3 is 5.32 Å². The van der Waals surface area contributed by atoms with Gasteiger partial charge in [-0.2, -0.15) is 0 Å². The van der Waals surface area contributed by atoms with E-state index in [4.69, 9.17) is 4.98 Å². The van der Waals surface area contributed by atoms with Crippen molar-refractivity contribution in [1.82, 2.24) is 19.9 Å². The summed E-state index contributed by atoms with van der Waals surface area (Å²) >= 11 is 0. The van der Waals surface area contributed by atoms with Gasteiger partial charge in [-0.1, -0.05) is 18.2 Å². The minimum absolute atomic E-state index is 0.707. The van der Waals surface area contributed by atoms with Gasteiger partial charge in [-0.3, -0.25) is 4.57 Å². The highest BCUT2D eigenvalue weighted by Gasteiger charge is 2.20. The molecule has 4 rings (SSSR count). The van der Waals surface area contributed by atoms with Crippen molar-refractivity contribution in [3.8, 4) is 5.82 Å². The molecule has 4 nitrogen and oxygen atoms in total. The van der Waals surface area contributed by atoms with Crippen LogP contribution in [0, 0.1) is 0 Å². The van der Waals surface area contributed by atoms with E-state index in [1.807, 2.05) is 16.8 Å². The number of rotatable bonds is 4. The molecular formula is C16H16N4. The van der Waals surface area contributed by atoms with E-state index in [2.05, 4.69) is 34.6 Å². The van der Waals surface area contributed by atoms with Crippen molar-refractivity contribution in [1.29, 1.82) is 0 Å². The third-order valence-electron chi connectivity index (χ3n) is 3.72. The molecule has 0 amide bonds. The average Bonchev–Trinajstić information content (AvgIpc) is 3.15. The lowest BCUT2D eigenvalue weighted by Gasteiger charge is -2.10. The van der Waals surface area contributed by atoms with E-state index in [0.717, 1.165) is 17.9 Å². The summed E-state index contributed by atoms with van der Waals surface area (Å²) in [5, 5.41) is 4.81. The van der Waals surface area contributed by atoms with Gasteiger partial charge in [0.05, 0.1) is 5.52 Å². The van der Waals surface area contributed by atoms with Crippen LogP contribution in [0.1, 0.15) is 18.4 Å². The van der Waals surface area contributed by atoms with Gasteiger partial charge in [0.25, 0.3) is 0 Å². The Hall–Kier alpha value is -2.20. The molecule has 0 atom stereocenters. The zero-order valence-corrected chi connectivity index (χ0v) is 11.2. The van der Waals surface area contributed by atoms with Crippen molar-refractivity contribution in [2.24, 2.45) is 0 Å². The van der Waals surface area contributed by atoms with Crippen molar-refractivity contribution in [2.45, 2.75) is 25.4 Å². The van der Waals surface area contributed by atoms with Gasteiger partial charge >= 0.3 is 0 Å². The van der Waals surface area contributed by atoms with Crippen molar-refractivity contribution >= 4 is 10.9 Å². The molecule has 4 heteroatoms. The topological polar surface area (TPSA) is 42.7 Å². The normalized spacial score (nSPS) is 14.8. The number of pyridine rings is 1. The Bertz CT molecular complexity index is 729. The molecular weight excluding hydrogens is 248 g/mol. The summed E-state index contributed by atoms with van der Waals surface area (Å²) in [4.78, 5) is 8.82. The largest absolute Gasteiger partial charge is 0.310 e. The number of hydrogen-bond donors (Lipinski definition) is 1. The molecule has 0 bridgehead atoms. The second-order valence-electron chi connectivity index (χ2n) is 5.28. The standard InChI is InChI=1S/C16H16N4/c1-2-4-15-14(3-1)12(10-18-13-5-6-13)9-16(19-15)20-8-7-17-11-20/h1-4,7-9,11,13,18H,5-6,10H2. The van der Waals surface area contributed by atoms with Gasteiger partial charge in [-0.25, -0.2) is 9.97 Å². The summed E-state index contributed by atoms with van der Waals surface area (Å²) in [5.41, 5.74) is 2.33. The molecule has 100 valence electrons. The smallest absolute Gasteiger partial charge is 0.138 e. The van der Waals surface area contributed by atoms with E-state index >= 15 is 0 Å². The van der Waals surface area contributed by atoms with E-state index in [0.29, 0.717) is 6.04 Å². The minimum Gasteiger partial charge on any atom is -0.310 e. The molecule has 3 aromatic rings. The van der Waals surface area contributed by atoms with Gasteiger partial charge in [-0.15, -0.1) is 0 Å². The van der Waals surface area contributed by atoms with Crippen LogP contribution >= 0.6 is 0 Å². The summed E-state index contributed by atoms with van der Waals surface area (Å²) in [5.74, 6) is 0.925. The van der Waals surface area contributed by atoms with Gasteiger partial charge in [0.1, 0.15) is 12.1 Å². The molecule has 1 fully saturated rings. The quantitative estimate of drug-likeness (QED) is 0.788. The Balaban J connectivity index is 1.80.